The molecule has 0 aliphatic heterocycles. The van der Waals surface area contributed by atoms with Crippen molar-refractivity contribution >= 4 is 5.97 Å². The van der Waals surface area contributed by atoms with Gasteiger partial charge in [-0.15, -0.1) is 0 Å². The fraction of sp³-hybridized carbons (Fsp3) is 0.261. The highest BCUT2D eigenvalue weighted by Crippen LogP contribution is 2.37. The molecular formula is C23H24N2O4. The van der Waals surface area contributed by atoms with Gasteiger partial charge in [0.05, 0.1) is 19.1 Å². The minimum absolute atomic E-state index is 0.0580. The van der Waals surface area contributed by atoms with Crippen LogP contribution in [0.2, 0.25) is 0 Å². The largest absolute Gasteiger partial charge is 0.466 e. The van der Waals surface area contributed by atoms with Gasteiger partial charge in [-0.2, -0.15) is 0 Å². The van der Waals surface area contributed by atoms with E-state index in [1.807, 2.05) is 80.6 Å². The van der Waals surface area contributed by atoms with Crippen LogP contribution >= 0.6 is 0 Å². The van der Waals surface area contributed by atoms with Crippen molar-refractivity contribution in [3.05, 3.63) is 89.2 Å². The van der Waals surface area contributed by atoms with E-state index in [0.717, 1.165) is 0 Å². The molecule has 0 aliphatic rings. The van der Waals surface area contributed by atoms with E-state index in [1.54, 1.807) is 0 Å². The molecule has 0 aliphatic carbocycles. The summed E-state index contributed by atoms with van der Waals surface area (Å²) in [4.78, 5) is 21.5. The molecule has 1 N–H and O–H groups in total. The molecule has 0 fully saturated rings. The van der Waals surface area contributed by atoms with Gasteiger partial charge < -0.3 is 14.6 Å². The number of aryl methyl sites for hydroxylation is 2. The summed E-state index contributed by atoms with van der Waals surface area (Å²) in [6.07, 6.45) is -1.21. The van der Waals surface area contributed by atoms with Crippen LogP contribution in [0.15, 0.2) is 66.7 Å². The monoisotopic (exact) mass is 392 g/mol. The van der Waals surface area contributed by atoms with E-state index in [2.05, 4.69) is 9.97 Å². The Morgan fingerprint density at radius 2 is 1.45 bits per heavy atom. The quantitative estimate of drug-likeness (QED) is 0.623. The van der Waals surface area contributed by atoms with Gasteiger partial charge in [-0.05, 0) is 31.0 Å². The highest BCUT2D eigenvalue weighted by Gasteiger charge is 2.49. The van der Waals surface area contributed by atoms with Crippen LogP contribution in [0.5, 0.6) is 6.01 Å². The molecule has 3 rings (SSSR count). The zero-order valence-electron chi connectivity index (χ0n) is 16.7. The van der Waals surface area contributed by atoms with Gasteiger partial charge in [0.1, 0.15) is 0 Å². The predicted octanol–water partition coefficient (Wildman–Crippen LogP) is 2.99. The first-order valence-electron chi connectivity index (χ1n) is 9.30. The molecule has 0 spiro atoms. The Labute approximate surface area is 170 Å². The summed E-state index contributed by atoms with van der Waals surface area (Å²) in [5.41, 5.74) is 1.65. The second kappa shape index (κ2) is 8.84. The van der Waals surface area contributed by atoms with E-state index in [9.17, 15) is 9.90 Å². The molecule has 0 amide bonds. The average molecular weight is 392 g/mol. The molecule has 1 atom stereocenters. The number of methoxy groups -OCH3 is 1. The Morgan fingerprint density at radius 1 is 0.966 bits per heavy atom. The predicted molar refractivity (Wildman–Crippen MR) is 109 cm³/mol. The third-order valence-corrected chi connectivity index (χ3v) is 4.88. The van der Waals surface area contributed by atoms with E-state index >= 15 is 0 Å². The molecule has 6 nitrogen and oxygen atoms in total. The van der Waals surface area contributed by atoms with Crippen molar-refractivity contribution in [1.29, 1.82) is 0 Å². The molecule has 0 saturated heterocycles. The van der Waals surface area contributed by atoms with Crippen LogP contribution in [-0.4, -0.2) is 40.9 Å². The number of nitrogens with zero attached hydrogens (tertiary/aromatic N) is 2. The molecule has 0 unspecified atom stereocenters. The molecule has 3 aromatic rings. The van der Waals surface area contributed by atoms with Crippen molar-refractivity contribution in [3.63, 3.8) is 0 Å². The van der Waals surface area contributed by atoms with E-state index in [4.69, 9.17) is 9.47 Å². The fourth-order valence-corrected chi connectivity index (χ4v) is 3.51. The summed E-state index contributed by atoms with van der Waals surface area (Å²) in [7, 11) is 1.29. The number of hydrogen-bond donors (Lipinski definition) is 1. The number of ether oxygens (including phenoxy) is 2. The molecule has 29 heavy (non-hydrogen) atoms. The summed E-state index contributed by atoms with van der Waals surface area (Å²) in [6, 6.07) is 20.4. The van der Waals surface area contributed by atoms with Crippen molar-refractivity contribution in [2.24, 2.45) is 0 Å². The van der Waals surface area contributed by atoms with Crippen LogP contribution < -0.4 is 4.74 Å². The Kier molecular flexibility index (Phi) is 6.24. The maximum atomic E-state index is 12.9. The number of carbonyl (C=O) groups excluding carboxylic acids is 1. The molecule has 2 aromatic carbocycles. The molecular weight excluding hydrogens is 368 g/mol. The first kappa shape index (κ1) is 20.5. The standard InChI is InChI=1S/C23H24N2O4/c1-16-14-17(2)25-22(24-16)29-20(21(27)28-3)23(15-26,18-10-6-4-7-11-18)19-12-8-5-9-13-19/h4-14,20,26H,15H2,1-3H3/t20-/m1/s1. The zero-order chi connectivity index (χ0) is 20.9. The summed E-state index contributed by atoms with van der Waals surface area (Å²) in [6.45, 7) is 3.26. The maximum absolute atomic E-state index is 12.9. The lowest BCUT2D eigenvalue weighted by Crippen LogP contribution is -2.52. The highest BCUT2D eigenvalue weighted by molar-refractivity contribution is 5.79. The number of hydrogen-bond acceptors (Lipinski definition) is 6. The van der Waals surface area contributed by atoms with E-state index < -0.39 is 17.5 Å². The van der Waals surface area contributed by atoms with Crippen LogP contribution in [0.25, 0.3) is 0 Å². The molecule has 6 heteroatoms. The summed E-state index contributed by atoms with van der Waals surface area (Å²) < 4.78 is 11.1. The second-order valence-electron chi connectivity index (χ2n) is 6.82. The molecule has 1 heterocycles. The minimum atomic E-state index is -1.21. The van der Waals surface area contributed by atoms with Gasteiger partial charge in [0.15, 0.2) is 0 Å². The minimum Gasteiger partial charge on any atom is -0.466 e. The van der Waals surface area contributed by atoms with Gasteiger partial charge in [0.25, 0.3) is 0 Å². The summed E-state index contributed by atoms with van der Waals surface area (Å²) in [5, 5.41) is 10.7. The van der Waals surface area contributed by atoms with Crippen LogP contribution in [0.4, 0.5) is 0 Å². The number of benzene rings is 2. The van der Waals surface area contributed by atoms with Crippen LogP contribution in [0, 0.1) is 13.8 Å². The summed E-state index contributed by atoms with van der Waals surface area (Å²) >= 11 is 0. The first-order chi connectivity index (χ1) is 14.0. The van der Waals surface area contributed by atoms with Crippen molar-refractivity contribution < 1.29 is 19.4 Å². The zero-order valence-corrected chi connectivity index (χ0v) is 16.7. The van der Waals surface area contributed by atoms with E-state index in [-0.39, 0.29) is 12.6 Å². The lowest BCUT2D eigenvalue weighted by atomic mass is 9.70. The lowest BCUT2D eigenvalue weighted by molar-refractivity contribution is -0.153. The molecule has 0 saturated carbocycles. The number of aromatic nitrogens is 2. The van der Waals surface area contributed by atoms with E-state index in [1.165, 1.54) is 7.11 Å². The topological polar surface area (TPSA) is 81.5 Å². The third-order valence-electron chi connectivity index (χ3n) is 4.88. The fourth-order valence-electron chi connectivity index (χ4n) is 3.51. The Morgan fingerprint density at radius 3 is 1.86 bits per heavy atom. The SMILES string of the molecule is COC(=O)[C@@H](Oc1nc(C)cc(C)n1)C(CO)(c1ccccc1)c1ccccc1. The number of aliphatic hydroxyl groups excluding tert-OH is 1. The summed E-state index contributed by atoms with van der Waals surface area (Å²) in [5.74, 6) is -0.630. The average Bonchev–Trinajstić information content (AvgIpc) is 2.74. The Balaban J connectivity index is 2.22. The Bertz CT molecular complexity index is 901. The van der Waals surface area contributed by atoms with Gasteiger partial charge in [-0.1, -0.05) is 60.7 Å². The number of carbonyl (C=O) groups is 1. The first-order valence-corrected chi connectivity index (χ1v) is 9.30. The molecule has 150 valence electrons. The van der Waals surface area contributed by atoms with Crippen LogP contribution in [0.3, 0.4) is 0 Å². The normalized spacial score (nSPS) is 12.3. The lowest BCUT2D eigenvalue weighted by Gasteiger charge is -2.38. The number of esters is 1. The molecule has 0 bridgehead atoms. The highest BCUT2D eigenvalue weighted by atomic mass is 16.6. The van der Waals surface area contributed by atoms with Crippen LogP contribution in [0.1, 0.15) is 22.5 Å². The number of rotatable bonds is 7. The Hall–Kier alpha value is -3.25. The van der Waals surface area contributed by atoms with Crippen molar-refractivity contribution in [3.8, 4) is 6.01 Å². The van der Waals surface area contributed by atoms with Gasteiger partial charge in [0.2, 0.25) is 6.10 Å². The molecule has 1 aromatic heterocycles. The van der Waals surface area contributed by atoms with Crippen molar-refractivity contribution in [1.82, 2.24) is 9.97 Å². The third kappa shape index (κ3) is 4.12. The van der Waals surface area contributed by atoms with Gasteiger partial charge in [-0.25, -0.2) is 14.8 Å². The van der Waals surface area contributed by atoms with Crippen molar-refractivity contribution in [2.75, 3.05) is 13.7 Å². The molecule has 0 radical (unpaired) electrons. The smallest absolute Gasteiger partial charge is 0.348 e. The number of aliphatic hydroxyl groups is 1. The van der Waals surface area contributed by atoms with Gasteiger partial charge in [-0.3, -0.25) is 0 Å². The second-order valence-corrected chi connectivity index (χ2v) is 6.82. The maximum Gasteiger partial charge on any atom is 0.348 e. The van der Waals surface area contributed by atoms with Crippen molar-refractivity contribution in [2.45, 2.75) is 25.4 Å². The van der Waals surface area contributed by atoms with Crippen LogP contribution in [-0.2, 0) is 14.9 Å². The van der Waals surface area contributed by atoms with E-state index in [0.29, 0.717) is 22.5 Å². The van der Waals surface area contributed by atoms with Gasteiger partial charge >= 0.3 is 12.0 Å². The van der Waals surface area contributed by atoms with Gasteiger partial charge in [0, 0.05) is 11.4 Å².